The van der Waals surface area contributed by atoms with E-state index < -0.39 is 17.6 Å². The molecule has 128 valence electrons. The van der Waals surface area contributed by atoms with Crippen LogP contribution in [0, 0.1) is 22.2 Å². The molecule has 5 atom stereocenters. The largest absolute Gasteiger partial charge is 0.392 e. The lowest BCUT2D eigenvalue weighted by Gasteiger charge is -2.57. The summed E-state index contributed by atoms with van der Waals surface area (Å²) in [5.74, 6) is 0.652. The van der Waals surface area contributed by atoms with Crippen molar-refractivity contribution in [2.75, 3.05) is 0 Å². The van der Waals surface area contributed by atoms with E-state index in [1.54, 1.807) is 6.08 Å². The van der Waals surface area contributed by atoms with Crippen molar-refractivity contribution in [1.82, 2.24) is 0 Å². The highest BCUT2D eigenvalue weighted by atomic mass is 16.3. The van der Waals surface area contributed by atoms with E-state index >= 15 is 0 Å². The summed E-state index contributed by atoms with van der Waals surface area (Å²) >= 11 is 0. The highest BCUT2D eigenvalue weighted by Gasteiger charge is 2.57. The number of ketones is 1. The molecule has 0 aromatic rings. The van der Waals surface area contributed by atoms with E-state index in [2.05, 4.69) is 27.4 Å². The van der Waals surface area contributed by atoms with E-state index in [1.807, 2.05) is 6.92 Å². The van der Waals surface area contributed by atoms with Crippen LogP contribution < -0.4 is 0 Å². The van der Waals surface area contributed by atoms with E-state index in [9.17, 15) is 15.0 Å². The molecule has 2 N–H and O–H groups in total. The van der Waals surface area contributed by atoms with Crippen LogP contribution in [0.1, 0.15) is 59.8 Å². The molecule has 0 aromatic heterocycles. The maximum atomic E-state index is 12.4. The number of hydrogen-bond acceptors (Lipinski definition) is 3. The normalized spacial score (nSPS) is 46.2. The van der Waals surface area contributed by atoms with Gasteiger partial charge in [0, 0.05) is 17.3 Å². The molecule has 1 fully saturated rings. The molecule has 0 saturated heterocycles. The number of fused-ring (bicyclic) bond motifs is 2. The highest BCUT2D eigenvalue weighted by Crippen LogP contribution is 2.62. The molecule has 0 bridgehead atoms. The van der Waals surface area contributed by atoms with Crippen LogP contribution in [-0.4, -0.2) is 28.2 Å². The molecule has 3 aliphatic rings. The molecule has 0 aromatic carbocycles. The van der Waals surface area contributed by atoms with Gasteiger partial charge in [0.15, 0.2) is 0 Å². The summed E-state index contributed by atoms with van der Waals surface area (Å²) in [6, 6.07) is 0. The van der Waals surface area contributed by atoms with E-state index in [-0.39, 0.29) is 10.8 Å². The maximum absolute atomic E-state index is 12.4. The topological polar surface area (TPSA) is 57.5 Å². The standard InChI is InChI=1S/C20H30O3/c1-6-19(4)16(22)11-13-12(17(19)23)7-8-14-18(2,3)15(21)9-10-20(13,14)5/h6,14,16-17,22-23H,1,7-11H2,2-5H3/t14?,16-,17-,19+,20+/m0/s1. The van der Waals surface area contributed by atoms with Crippen molar-refractivity contribution in [1.29, 1.82) is 0 Å². The summed E-state index contributed by atoms with van der Waals surface area (Å²) in [6.45, 7) is 12.1. The van der Waals surface area contributed by atoms with Gasteiger partial charge in [0.1, 0.15) is 5.78 Å². The summed E-state index contributed by atoms with van der Waals surface area (Å²) in [5.41, 5.74) is 1.23. The average molecular weight is 318 g/mol. The minimum Gasteiger partial charge on any atom is -0.392 e. The minimum absolute atomic E-state index is 0.0878. The zero-order valence-electron chi connectivity index (χ0n) is 14.9. The molecule has 0 heterocycles. The van der Waals surface area contributed by atoms with E-state index in [1.165, 1.54) is 5.57 Å². The summed E-state index contributed by atoms with van der Waals surface area (Å²) in [5, 5.41) is 21.6. The second-order valence-electron chi connectivity index (χ2n) is 8.85. The summed E-state index contributed by atoms with van der Waals surface area (Å²) in [7, 11) is 0. The van der Waals surface area contributed by atoms with E-state index in [0.29, 0.717) is 24.5 Å². The van der Waals surface area contributed by atoms with Crippen LogP contribution in [0.15, 0.2) is 23.8 Å². The van der Waals surface area contributed by atoms with Crippen LogP contribution >= 0.6 is 0 Å². The van der Waals surface area contributed by atoms with Crippen LogP contribution in [0.4, 0.5) is 0 Å². The Morgan fingerprint density at radius 1 is 1.17 bits per heavy atom. The van der Waals surface area contributed by atoms with Gasteiger partial charge in [0.2, 0.25) is 0 Å². The molecule has 3 nitrogen and oxygen atoms in total. The molecule has 1 unspecified atom stereocenters. The Hall–Kier alpha value is -0.930. The minimum atomic E-state index is -0.679. The van der Waals surface area contributed by atoms with Gasteiger partial charge in [0.05, 0.1) is 12.2 Å². The van der Waals surface area contributed by atoms with Gasteiger partial charge in [0.25, 0.3) is 0 Å². The highest BCUT2D eigenvalue weighted by molar-refractivity contribution is 5.85. The second-order valence-corrected chi connectivity index (χ2v) is 8.85. The first-order valence-corrected chi connectivity index (χ1v) is 8.84. The molecule has 0 spiro atoms. The number of Topliss-reactive ketones (excluding diaryl/α,β-unsaturated/α-hetero) is 1. The van der Waals surface area contributed by atoms with Gasteiger partial charge in [-0.05, 0) is 42.6 Å². The first kappa shape index (κ1) is 16.9. The Morgan fingerprint density at radius 2 is 1.83 bits per heavy atom. The van der Waals surface area contributed by atoms with Crippen molar-refractivity contribution in [3.63, 3.8) is 0 Å². The zero-order chi connectivity index (χ0) is 17.2. The van der Waals surface area contributed by atoms with Gasteiger partial charge in [-0.1, -0.05) is 39.3 Å². The smallest absolute Gasteiger partial charge is 0.138 e. The number of hydrogen-bond donors (Lipinski definition) is 2. The monoisotopic (exact) mass is 318 g/mol. The van der Waals surface area contributed by atoms with E-state index in [4.69, 9.17) is 0 Å². The van der Waals surface area contributed by atoms with Gasteiger partial charge in [-0.3, -0.25) is 4.79 Å². The van der Waals surface area contributed by atoms with Crippen LogP contribution in [-0.2, 0) is 4.79 Å². The Kier molecular flexibility index (Phi) is 3.70. The fourth-order valence-electron chi connectivity index (χ4n) is 5.60. The SMILES string of the molecule is C=C[C@]1(C)[C@@H](O)CC2=C(CCC3C(C)(C)C(=O)CC[C@]23C)[C@@H]1O. The third-order valence-corrected chi connectivity index (χ3v) is 7.48. The van der Waals surface area contributed by atoms with Gasteiger partial charge >= 0.3 is 0 Å². The van der Waals surface area contributed by atoms with Crippen molar-refractivity contribution in [3.05, 3.63) is 23.8 Å². The zero-order valence-corrected chi connectivity index (χ0v) is 14.9. The van der Waals surface area contributed by atoms with Crippen molar-refractivity contribution < 1.29 is 15.0 Å². The van der Waals surface area contributed by atoms with Crippen molar-refractivity contribution in [2.45, 2.75) is 72.0 Å². The Morgan fingerprint density at radius 3 is 2.43 bits per heavy atom. The first-order valence-electron chi connectivity index (χ1n) is 8.84. The second kappa shape index (κ2) is 5.03. The summed E-state index contributed by atoms with van der Waals surface area (Å²) in [4.78, 5) is 12.4. The number of carbonyl (C=O) groups is 1. The molecule has 23 heavy (non-hydrogen) atoms. The summed E-state index contributed by atoms with van der Waals surface area (Å²) < 4.78 is 0. The van der Waals surface area contributed by atoms with Crippen LogP contribution in [0.3, 0.4) is 0 Å². The van der Waals surface area contributed by atoms with Crippen molar-refractivity contribution in [2.24, 2.45) is 22.2 Å². The Bertz CT molecular complexity index is 588. The quantitative estimate of drug-likeness (QED) is 0.729. The van der Waals surface area contributed by atoms with Gasteiger partial charge in [-0.25, -0.2) is 0 Å². The molecule has 0 aliphatic heterocycles. The lowest BCUT2D eigenvalue weighted by Crippen LogP contribution is -2.55. The molecule has 3 heteroatoms. The Labute approximate surface area is 139 Å². The number of carbonyl (C=O) groups excluding carboxylic acids is 1. The Balaban J connectivity index is 2.10. The number of rotatable bonds is 1. The average Bonchev–Trinajstić information content (AvgIpc) is 2.50. The molecular weight excluding hydrogens is 288 g/mol. The third kappa shape index (κ3) is 2.05. The first-order chi connectivity index (χ1) is 10.6. The fourth-order valence-corrected chi connectivity index (χ4v) is 5.60. The molecule has 1 saturated carbocycles. The van der Waals surface area contributed by atoms with E-state index in [0.717, 1.165) is 24.8 Å². The van der Waals surface area contributed by atoms with Gasteiger partial charge in [-0.15, -0.1) is 6.58 Å². The van der Waals surface area contributed by atoms with Gasteiger partial charge < -0.3 is 10.2 Å². The summed E-state index contributed by atoms with van der Waals surface area (Å²) in [6.07, 6.45) is 4.20. The maximum Gasteiger partial charge on any atom is 0.138 e. The number of aliphatic hydroxyl groups excluding tert-OH is 2. The van der Waals surface area contributed by atoms with Crippen molar-refractivity contribution >= 4 is 5.78 Å². The molecule has 0 amide bonds. The predicted molar refractivity (Wildman–Crippen MR) is 90.8 cm³/mol. The van der Waals surface area contributed by atoms with Crippen LogP contribution in [0.2, 0.25) is 0 Å². The molecule has 0 radical (unpaired) electrons. The van der Waals surface area contributed by atoms with Gasteiger partial charge in [-0.2, -0.15) is 0 Å². The molecular formula is C20H30O3. The predicted octanol–water partition coefficient (Wildman–Crippen LogP) is 3.41. The van der Waals surface area contributed by atoms with Crippen molar-refractivity contribution in [3.8, 4) is 0 Å². The van der Waals surface area contributed by atoms with Crippen LogP contribution in [0.5, 0.6) is 0 Å². The fraction of sp³-hybridized carbons (Fsp3) is 0.750. The molecule has 3 aliphatic carbocycles. The number of aliphatic hydroxyl groups is 2. The molecule has 3 rings (SSSR count). The lowest BCUT2D eigenvalue weighted by molar-refractivity contribution is -0.140. The third-order valence-electron chi connectivity index (χ3n) is 7.48. The van der Waals surface area contributed by atoms with Crippen LogP contribution in [0.25, 0.3) is 0 Å². The lowest BCUT2D eigenvalue weighted by atomic mass is 9.47.